The Morgan fingerprint density at radius 2 is 2.46 bits per heavy atom. The summed E-state index contributed by atoms with van der Waals surface area (Å²) in [5.41, 5.74) is 0.978. The van der Waals surface area contributed by atoms with Gasteiger partial charge in [0.15, 0.2) is 0 Å². The van der Waals surface area contributed by atoms with Crippen molar-refractivity contribution < 1.29 is 9.53 Å². The average molecular weight is 195 g/mol. The molecule has 0 saturated carbocycles. The van der Waals surface area contributed by atoms with Gasteiger partial charge in [-0.1, -0.05) is 0 Å². The number of carbonyl (C=O) groups excluding carboxylic acids is 1. The maximum absolute atomic E-state index is 11.0. The Morgan fingerprint density at radius 3 is 3.00 bits per heavy atom. The molecule has 0 N–H and O–H groups in total. The Balaban J connectivity index is 2.44. The van der Waals surface area contributed by atoms with E-state index in [1.807, 2.05) is 25.3 Å². The second-order valence-corrected chi connectivity index (χ2v) is 3.52. The summed E-state index contributed by atoms with van der Waals surface area (Å²) >= 11 is 1.48. The molecule has 0 aromatic carbocycles. The van der Waals surface area contributed by atoms with Crippen molar-refractivity contribution in [2.45, 2.75) is 20.0 Å². The number of hydrogen-bond donors (Lipinski definition) is 0. The van der Waals surface area contributed by atoms with Gasteiger partial charge in [0.1, 0.15) is 0 Å². The quantitative estimate of drug-likeness (QED) is 0.547. The Kier molecular flexibility index (Phi) is 3.71. The van der Waals surface area contributed by atoms with Crippen LogP contribution in [0.4, 0.5) is 0 Å². The molecule has 0 atom stereocenters. The van der Waals surface area contributed by atoms with Crippen LogP contribution < -0.4 is 0 Å². The SMILES string of the molecule is CC(C)OC(=O)/C=C/c1c[c]sc1. The van der Waals surface area contributed by atoms with Gasteiger partial charge in [-0.3, -0.25) is 0 Å². The van der Waals surface area contributed by atoms with Gasteiger partial charge in [0.25, 0.3) is 0 Å². The maximum atomic E-state index is 11.0. The number of thiophene rings is 1. The molecule has 3 heteroatoms. The Bertz CT molecular complexity index is 286. The molecule has 13 heavy (non-hydrogen) atoms. The smallest absolute Gasteiger partial charge is 0.331 e. The van der Waals surface area contributed by atoms with Crippen LogP contribution in [0.5, 0.6) is 0 Å². The van der Waals surface area contributed by atoms with E-state index in [-0.39, 0.29) is 12.1 Å². The zero-order valence-electron chi connectivity index (χ0n) is 7.61. The number of carbonyl (C=O) groups is 1. The fourth-order valence-electron chi connectivity index (χ4n) is 0.761. The van der Waals surface area contributed by atoms with E-state index < -0.39 is 0 Å². The van der Waals surface area contributed by atoms with E-state index in [4.69, 9.17) is 4.74 Å². The van der Waals surface area contributed by atoms with Gasteiger partial charge in [-0.05, 0) is 36.9 Å². The summed E-state index contributed by atoms with van der Waals surface area (Å²) < 4.78 is 4.92. The van der Waals surface area contributed by atoms with Crippen LogP contribution in [0.2, 0.25) is 0 Å². The first-order valence-electron chi connectivity index (χ1n) is 4.02. The summed E-state index contributed by atoms with van der Waals surface area (Å²) in [6, 6.07) is 1.82. The minimum absolute atomic E-state index is 0.0637. The molecule has 0 spiro atoms. The van der Waals surface area contributed by atoms with Crippen LogP contribution in [0.25, 0.3) is 6.08 Å². The summed E-state index contributed by atoms with van der Waals surface area (Å²) in [4.78, 5) is 11.0. The number of rotatable bonds is 3. The third kappa shape index (κ3) is 3.90. The molecular formula is C10H11O2S. The number of hydrogen-bond acceptors (Lipinski definition) is 3. The first kappa shape index (κ1) is 9.99. The van der Waals surface area contributed by atoms with E-state index in [0.717, 1.165) is 5.56 Å². The topological polar surface area (TPSA) is 26.3 Å². The average Bonchev–Trinajstić information content (AvgIpc) is 2.51. The third-order valence-corrected chi connectivity index (χ3v) is 1.90. The van der Waals surface area contributed by atoms with Crippen LogP contribution in [0, 0.1) is 5.38 Å². The maximum Gasteiger partial charge on any atom is 0.331 e. The third-order valence-electron chi connectivity index (χ3n) is 1.25. The van der Waals surface area contributed by atoms with E-state index in [1.54, 1.807) is 6.08 Å². The van der Waals surface area contributed by atoms with E-state index >= 15 is 0 Å². The second-order valence-electron chi connectivity index (χ2n) is 2.82. The normalized spacial score (nSPS) is 11.0. The zero-order valence-corrected chi connectivity index (χ0v) is 8.43. The first-order chi connectivity index (χ1) is 6.18. The van der Waals surface area contributed by atoms with Crippen molar-refractivity contribution in [3.63, 3.8) is 0 Å². The van der Waals surface area contributed by atoms with E-state index in [0.29, 0.717) is 0 Å². The van der Waals surface area contributed by atoms with Crippen molar-refractivity contribution in [1.29, 1.82) is 0 Å². The van der Waals surface area contributed by atoms with Gasteiger partial charge < -0.3 is 4.74 Å². The van der Waals surface area contributed by atoms with Gasteiger partial charge in [-0.15, -0.1) is 11.3 Å². The molecule has 0 unspecified atom stereocenters. The Labute approximate surface area is 81.8 Å². The molecule has 0 fully saturated rings. The van der Waals surface area contributed by atoms with Gasteiger partial charge >= 0.3 is 5.97 Å². The van der Waals surface area contributed by atoms with Crippen LogP contribution >= 0.6 is 11.3 Å². The van der Waals surface area contributed by atoms with E-state index in [1.165, 1.54) is 17.4 Å². The van der Waals surface area contributed by atoms with Crippen LogP contribution in [0.15, 0.2) is 17.5 Å². The zero-order chi connectivity index (χ0) is 9.68. The fourth-order valence-corrected chi connectivity index (χ4v) is 1.32. The minimum atomic E-state index is -0.304. The highest BCUT2D eigenvalue weighted by atomic mass is 32.1. The number of esters is 1. The Morgan fingerprint density at radius 1 is 1.69 bits per heavy atom. The molecule has 0 amide bonds. The molecule has 69 valence electrons. The monoisotopic (exact) mass is 195 g/mol. The highest BCUT2D eigenvalue weighted by molar-refractivity contribution is 7.07. The summed E-state index contributed by atoms with van der Waals surface area (Å²) in [6.07, 6.45) is 3.08. The molecule has 0 aliphatic heterocycles. The van der Waals surface area contributed by atoms with Crippen LogP contribution in [-0.4, -0.2) is 12.1 Å². The van der Waals surface area contributed by atoms with Crippen molar-refractivity contribution in [3.8, 4) is 0 Å². The van der Waals surface area contributed by atoms with Crippen LogP contribution in [0.1, 0.15) is 19.4 Å². The van der Waals surface area contributed by atoms with Crippen molar-refractivity contribution >= 4 is 23.4 Å². The van der Waals surface area contributed by atoms with Crippen molar-refractivity contribution in [1.82, 2.24) is 0 Å². The lowest BCUT2D eigenvalue weighted by Crippen LogP contribution is -2.08. The molecule has 1 radical (unpaired) electrons. The van der Waals surface area contributed by atoms with Crippen molar-refractivity contribution in [2.24, 2.45) is 0 Å². The molecule has 2 nitrogen and oxygen atoms in total. The summed E-state index contributed by atoms with van der Waals surface area (Å²) in [6.45, 7) is 3.65. The molecule has 0 bridgehead atoms. The molecule has 1 aromatic rings. The minimum Gasteiger partial charge on any atom is -0.460 e. The molecule has 0 aliphatic rings. The Hall–Kier alpha value is -1.09. The predicted octanol–water partition coefficient (Wildman–Crippen LogP) is 2.51. The lowest BCUT2D eigenvalue weighted by Gasteiger charge is -2.03. The molecular weight excluding hydrogens is 184 g/mol. The van der Waals surface area contributed by atoms with Gasteiger partial charge in [0, 0.05) is 11.5 Å². The van der Waals surface area contributed by atoms with Gasteiger partial charge in [-0.2, -0.15) is 0 Å². The van der Waals surface area contributed by atoms with Crippen LogP contribution in [0.3, 0.4) is 0 Å². The van der Waals surface area contributed by atoms with E-state index in [9.17, 15) is 4.79 Å². The highest BCUT2D eigenvalue weighted by Gasteiger charge is 1.99. The molecule has 1 aromatic heterocycles. The first-order valence-corrected chi connectivity index (χ1v) is 4.89. The van der Waals surface area contributed by atoms with Crippen LogP contribution in [-0.2, 0) is 9.53 Å². The fraction of sp³-hybridized carbons (Fsp3) is 0.300. The largest absolute Gasteiger partial charge is 0.460 e. The van der Waals surface area contributed by atoms with Crippen molar-refractivity contribution in [3.05, 3.63) is 28.5 Å². The lowest BCUT2D eigenvalue weighted by atomic mass is 10.3. The summed E-state index contributed by atoms with van der Waals surface area (Å²) in [7, 11) is 0. The summed E-state index contributed by atoms with van der Waals surface area (Å²) in [5, 5.41) is 4.85. The van der Waals surface area contributed by atoms with Gasteiger partial charge in [0.2, 0.25) is 0 Å². The molecule has 0 aliphatic carbocycles. The molecule has 1 rings (SSSR count). The highest BCUT2D eigenvalue weighted by Crippen LogP contribution is 2.06. The molecule has 0 saturated heterocycles. The van der Waals surface area contributed by atoms with Crippen molar-refractivity contribution in [2.75, 3.05) is 0 Å². The lowest BCUT2D eigenvalue weighted by molar-refractivity contribution is -0.141. The molecule has 1 heterocycles. The van der Waals surface area contributed by atoms with Gasteiger partial charge in [0.05, 0.1) is 6.10 Å². The van der Waals surface area contributed by atoms with E-state index in [2.05, 4.69) is 5.38 Å². The predicted molar refractivity (Wildman–Crippen MR) is 53.4 cm³/mol. The standard InChI is InChI=1S/C10H11O2S/c1-8(2)12-10(11)4-3-9-5-6-13-7-9/h3-5,7-8H,1-2H3/b4-3+. The second kappa shape index (κ2) is 4.82. The van der Waals surface area contributed by atoms with Gasteiger partial charge in [-0.25, -0.2) is 4.79 Å². The summed E-state index contributed by atoms with van der Waals surface area (Å²) in [5.74, 6) is -0.304. The number of ether oxygens (including phenoxy) is 1.